The molecule has 0 saturated carbocycles. The molecule has 0 fully saturated rings. The molecule has 0 bridgehead atoms. The number of carboxylic acid groups (broad SMARTS) is 1. The molecule has 2 atom stereocenters. The molecule has 1 aliphatic carbocycles. The number of nitrogens with zero attached hydrogens (tertiary/aromatic N) is 1. The highest BCUT2D eigenvalue weighted by atomic mass is 32.1. The fourth-order valence-corrected chi connectivity index (χ4v) is 5.06. The maximum absolute atomic E-state index is 13.0. The standard InChI is InChI=1S/C26H27N3O5S/c1-29(2)14-21(25(31)32)27-24(30)23(22-12-7-13-35-22)28-26(33)34-15-20-18-10-5-3-8-16(18)17-9-4-6-11-19(17)20/h3-13,20-21,23H,14-15H2,1-2H3,(H,27,30)(H,28,33)(H,31,32)/t21-,23?/m0/s1. The maximum atomic E-state index is 13.0. The minimum absolute atomic E-state index is 0.108. The number of aliphatic carboxylic acids is 1. The van der Waals surface area contributed by atoms with E-state index in [0.717, 1.165) is 22.3 Å². The molecule has 2 aromatic carbocycles. The summed E-state index contributed by atoms with van der Waals surface area (Å²) in [4.78, 5) is 39.6. The van der Waals surface area contributed by atoms with Crippen molar-refractivity contribution in [3.63, 3.8) is 0 Å². The van der Waals surface area contributed by atoms with Crippen LogP contribution in [0.15, 0.2) is 66.0 Å². The van der Waals surface area contributed by atoms with Crippen LogP contribution in [-0.4, -0.2) is 61.3 Å². The topological polar surface area (TPSA) is 108 Å². The Hall–Kier alpha value is -3.69. The molecule has 9 heteroatoms. The van der Waals surface area contributed by atoms with Gasteiger partial charge in [0.05, 0.1) is 0 Å². The van der Waals surface area contributed by atoms with Crippen LogP contribution in [-0.2, 0) is 14.3 Å². The Morgan fingerprint density at radius 3 is 2.14 bits per heavy atom. The van der Waals surface area contributed by atoms with Gasteiger partial charge in [-0.15, -0.1) is 11.3 Å². The molecule has 35 heavy (non-hydrogen) atoms. The number of likely N-dealkylation sites (N-methyl/N-ethyl adjacent to an activating group) is 1. The number of hydrogen-bond donors (Lipinski definition) is 3. The Morgan fingerprint density at radius 1 is 0.971 bits per heavy atom. The lowest BCUT2D eigenvalue weighted by molar-refractivity contribution is -0.142. The number of carbonyl (C=O) groups is 3. The fourth-order valence-electron chi connectivity index (χ4n) is 4.29. The zero-order valence-electron chi connectivity index (χ0n) is 19.4. The van der Waals surface area contributed by atoms with Gasteiger partial charge in [-0.1, -0.05) is 54.6 Å². The van der Waals surface area contributed by atoms with Gasteiger partial charge in [-0.2, -0.15) is 0 Å². The summed E-state index contributed by atoms with van der Waals surface area (Å²) in [6.45, 7) is 0.222. The molecule has 0 saturated heterocycles. The van der Waals surface area contributed by atoms with Gasteiger partial charge in [0.2, 0.25) is 5.91 Å². The van der Waals surface area contributed by atoms with Crippen molar-refractivity contribution >= 4 is 29.3 Å². The lowest BCUT2D eigenvalue weighted by atomic mass is 9.98. The molecule has 182 valence electrons. The highest BCUT2D eigenvalue weighted by Crippen LogP contribution is 2.44. The lowest BCUT2D eigenvalue weighted by Crippen LogP contribution is -2.50. The van der Waals surface area contributed by atoms with E-state index in [1.807, 2.05) is 36.4 Å². The summed E-state index contributed by atoms with van der Waals surface area (Å²) in [6.07, 6.45) is -0.750. The van der Waals surface area contributed by atoms with Crippen LogP contribution in [0.1, 0.15) is 28.0 Å². The first-order chi connectivity index (χ1) is 16.8. The minimum Gasteiger partial charge on any atom is -0.480 e. The van der Waals surface area contributed by atoms with Gasteiger partial charge in [-0.3, -0.25) is 4.79 Å². The minimum atomic E-state index is -1.15. The Morgan fingerprint density at radius 2 is 1.60 bits per heavy atom. The number of benzene rings is 2. The van der Waals surface area contributed by atoms with E-state index in [-0.39, 0.29) is 19.1 Å². The second-order valence-corrected chi connectivity index (χ2v) is 9.56. The molecule has 0 spiro atoms. The highest BCUT2D eigenvalue weighted by molar-refractivity contribution is 7.10. The largest absolute Gasteiger partial charge is 0.480 e. The Bertz CT molecular complexity index is 1170. The van der Waals surface area contributed by atoms with Crippen molar-refractivity contribution in [3.8, 4) is 11.1 Å². The first-order valence-corrected chi connectivity index (χ1v) is 12.1. The molecule has 4 rings (SSSR count). The van der Waals surface area contributed by atoms with E-state index in [2.05, 4.69) is 22.8 Å². The van der Waals surface area contributed by atoms with E-state index in [4.69, 9.17) is 4.74 Å². The lowest BCUT2D eigenvalue weighted by Gasteiger charge is -2.23. The number of alkyl carbamates (subject to hydrolysis) is 1. The van der Waals surface area contributed by atoms with Gasteiger partial charge < -0.3 is 25.4 Å². The third kappa shape index (κ3) is 5.52. The van der Waals surface area contributed by atoms with Crippen molar-refractivity contribution in [1.82, 2.24) is 15.5 Å². The molecule has 8 nitrogen and oxygen atoms in total. The summed E-state index contributed by atoms with van der Waals surface area (Å²) in [5.41, 5.74) is 4.41. The number of hydrogen-bond acceptors (Lipinski definition) is 6. The predicted octanol–water partition coefficient (Wildman–Crippen LogP) is 3.46. The normalized spacial score (nSPS) is 14.0. The van der Waals surface area contributed by atoms with Gasteiger partial charge in [0.15, 0.2) is 0 Å². The number of nitrogens with one attached hydrogen (secondary N) is 2. The van der Waals surface area contributed by atoms with Gasteiger partial charge in [0.1, 0.15) is 18.7 Å². The van der Waals surface area contributed by atoms with Crippen molar-refractivity contribution in [1.29, 1.82) is 0 Å². The quantitative estimate of drug-likeness (QED) is 0.421. The van der Waals surface area contributed by atoms with Crippen LogP contribution in [0.25, 0.3) is 11.1 Å². The molecule has 0 aliphatic heterocycles. The van der Waals surface area contributed by atoms with Crippen molar-refractivity contribution in [2.45, 2.75) is 18.0 Å². The second-order valence-electron chi connectivity index (χ2n) is 8.58. The van der Waals surface area contributed by atoms with Crippen molar-refractivity contribution < 1.29 is 24.2 Å². The van der Waals surface area contributed by atoms with Crippen LogP contribution < -0.4 is 10.6 Å². The Labute approximate surface area is 207 Å². The number of fused-ring (bicyclic) bond motifs is 3. The average Bonchev–Trinajstić information content (AvgIpc) is 3.47. The van der Waals surface area contributed by atoms with Gasteiger partial charge in [0, 0.05) is 17.3 Å². The predicted molar refractivity (Wildman–Crippen MR) is 133 cm³/mol. The van der Waals surface area contributed by atoms with Crippen LogP contribution in [0.5, 0.6) is 0 Å². The zero-order valence-corrected chi connectivity index (χ0v) is 20.2. The van der Waals surface area contributed by atoms with Crippen LogP contribution in [0.4, 0.5) is 4.79 Å². The van der Waals surface area contributed by atoms with Gasteiger partial charge >= 0.3 is 12.1 Å². The molecule has 3 N–H and O–H groups in total. The van der Waals surface area contributed by atoms with Crippen LogP contribution in [0.2, 0.25) is 0 Å². The van der Waals surface area contributed by atoms with Crippen LogP contribution in [0.3, 0.4) is 0 Å². The van der Waals surface area contributed by atoms with E-state index < -0.39 is 30.1 Å². The van der Waals surface area contributed by atoms with E-state index in [9.17, 15) is 19.5 Å². The average molecular weight is 494 g/mol. The van der Waals surface area contributed by atoms with Gasteiger partial charge in [-0.25, -0.2) is 9.59 Å². The number of thiophene rings is 1. The van der Waals surface area contributed by atoms with Crippen LogP contribution >= 0.6 is 11.3 Å². The van der Waals surface area contributed by atoms with Crippen molar-refractivity contribution in [2.75, 3.05) is 27.2 Å². The molecule has 1 aliphatic rings. The number of ether oxygens (including phenoxy) is 1. The summed E-state index contributed by atoms with van der Waals surface area (Å²) in [5, 5.41) is 16.4. The SMILES string of the molecule is CN(C)C[C@H](NC(=O)C(NC(=O)OCC1c2ccccc2-c2ccccc21)c1cccs1)C(=O)O. The Balaban J connectivity index is 1.46. The maximum Gasteiger partial charge on any atom is 0.408 e. The summed E-state index contributed by atoms with van der Waals surface area (Å²) < 4.78 is 5.59. The van der Waals surface area contributed by atoms with Gasteiger partial charge in [0.25, 0.3) is 0 Å². The Kier molecular flexibility index (Phi) is 7.48. The molecule has 2 amide bonds. The zero-order chi connectivity index (χ0) is 24.9. The molecule has 0 radical (unpaired) electrons. The first-order valence-electron chi connectivity index (χ1n) is 11.2. The molecular weight excluding hydrogens is 466 g/mol. The fraction of sp³-hybridized carbons (Fsp3) is 0.269. The van der Waals surface area contributed by atoms with E-state index >= 15 is 0 Å². The number of amides is 2. The van der Waals surface area contributed by atoms with Crippen molar-refractivity contribution in [3.05, 3.63) is 82.0 Å². The van der Waals surface area contributed by atoms with E-state index in [1.165, 1.54) is 11.3 Å². The van der Waals surface area contributed by atoms with Crippen LogP contribution in [0, 0.1) is 0 Å². The number of carbonyl (C=O) groups excluding carboxylic acids is 2. The smallest absolute Gasteiger partial charge is 0.408 e. The van der Waals surface area contributed by atoms with Gasteiger partial charge in [-0.05, 0) is 47.8 Å². The van der Waals surface area contributed by atoms with E-state index in [1.54, 1.807) is 36.5 Å². The summed E-state index contributed by atoms with van der Waals surface area (Å²) in [5.74, 6) is -1.88. The third-order valence-corrected chi connectivity index (χ3v) is 6.80. The van der Waals surface area contributed by atoms with Crippen molar-refractivity contribution in [2.24, 2.45) is 0 Å². The number of rotatable bonds is 9. The molecule has 1 heterocycles. The summed E-state index contributed by atoms with van der Waals surface area (Å²) >= 11 is 1.29. The monoisotopic (exact) mass is 493 g/mol. The highest BCUT2D eigenvalue weighted by Gasteiger charge is 2.31. The molecule has 1 aromatic heterocycles. The second kappa shape index (κ2) is 10.7. The molecule has 3 aromatic rings. The summed E-state index contributed by atoms with van der Waals surface area (Å²) in [7, 11) is 3.43. The number of carboxylic acids is 1. The third-order valence-electron chi connectivity index (χ3n) is 5.86. The molecule has 1 unspecified atom stereocenters. The van der Waals surface area contributed by atoms with E-state index in [0.29, 0.717) is 4.88 Å². The summed E-state index contributed by atoms with van der Waals surface area (Å²) in [6, 6.07) is 17.3. The molecular formula is C26H27N3O5S. The first kappa shape index (κ1) is 24.4.